The molecule has 1 unspecified atom stereocenters. The molecule has 0 radical (unpaired) electrons. The van der Waals surface area contributed by atoms with Crippen LogP contribution in [0.25, 0.3) is 0 Å². The Bertz CT molecular complexity index is 1340. The van der Waals surface area contributed by atoms with Crippen molar-refractivity contribution < 1.29 is 23.1 Å². The summed E-state index contributed by atoms with van der Waals surface area (Å²) in [7, 11) is 0. The molecule has 4 rings (SSSR count). The van der Waals surface area contributed by atoms with Gasteiger partial charge >= 0.3 is 5.97 Å². The number of hydrogen-bond acceptors (Lipinski definition) is 9. The average Bonchev–Trinajstić information content (AvgIpc) is 3.20. The molecule has 0 spiro atoms. The third-order valence-electron chi connectivity index (χ3n) is 4.53. The summed E-state index contributed by atoms with van der Waals surface area (Å²) in [5, 5.41) is 3.44. The quantitative estimate of drug-likeness (QED) is 0.144. The Morgan fingerprint density at radius 1 is 0.912 bits per heavy atom. The Labute approximate surface area is 201 Å². The maximum atomic E-state index is 12.9. The fraction of sp³-hybridized carbons (Fsp3) is 0. The monoisotopic (exact) mass is 493 g/mol. The molecular weight excluding hydrogens is 476 g/mol. The lowest BCUT2D eigenvalue weighted by Gasteiger charge is -2.09. The molecule has 0 fully saturated rings. The molecule has 0 aliphatic rings. The van der Waals surface area contributed by atoms with Crippen LogP contribution < -0.4 is 20.5 Å². The summed E-state index contributed by atoms with van der Waals surface area (Å²) < 4.78 is 29.0. The summed E-state index contributed by atoms with van der Waals surface area (Å²) in [6.07, 6.45) is 0. The van der Waals surface area contributed by atoms with Gasteiger partial charge in [0.1, 0.15) is 16.4 Å². The van der Waals surface area contributed by atoms with Gasteiger partial charge in [0.15, 0.2) is 5.13 Å². The highest BCUT2D eigenvalue weighted by atomic mass is 32.2. The number of nitrogens with two attached hydrogens (primary N) is 1. The predicted octanol–water partition coefficient (Wildman–Crippen LogP) is 4.13. The first-order chi connectivity index (χ1) is 16.4. The van der Waals surface area contributed by atoms with E-state index in [0.717, 1.165) is 11.3 Å². The zero-order valence-corrected chi connectivity index (χ0v) is 19.0. The highest BCUT2D eigenvalue weighted by Crippen LogP contribution is 2.30. The van der Waals surface area contributed by atoms with Crippen LogP contribution in [0.2, 0.25) is 0 Å². The van der Waals surface area contributed by atoms with Crippen molar-refractivity contribution in [1.82, 2.24) is 4.98 Å². The highest BCUT2D eigenvalue weighted by molar-refractivity contribution is 7.80. The van der Waals surface area contributed by atoms with Gasteiger partial charge in [0.2, 0.25) is 5.78 Å². The molecule has 0 aliphatic carbocycles. The number of esters is 1. The SMILES string of the molecule is Nc1nc(Nc2ccc(NS(=O)[O-])cc2)sc1C(=O)c1ccc(OC(=O)c2ccccc2)cc1. The second kappa shape index (κ2) is 10.3. The van der Waals surface area contributed by atoms with Gasteiger partial charge in [-0.1, -0.05) is 29.5 Å². The first-order valence-electron chi connectivity index (χ1n) is 9.80. The second-order valence-electron chi connectivity index (χ2n) is 6.88. The van der Waals surface area contributed by atoms with E-state index in [1.807, 2.05) is 0 Å². The standard InChI is InChI=1S/C23H18N4O5S2/c24-21-20(33-23(26-21)25-16-8-10-17(11-9-16)27-34(30)31)19(28)14-6-12-18(13-7-14)32-22(29)15-4-2-1-3-5-15/h1-13,27H,24H2,(H,25,26)(H,30,31)/p-1. The normalized spacial score (nSPS) is 11.4. The van der Waals surface area contributed by atoms with E-state index in [2.05, 4.69) is 15.0 Å². The van der Waals surface area contributed by atoms with Crippen molar-refractivity contribution in [3.8, 4) is 5.75 Å². The van der Waals surface area contributed by atoms with Gasteiger partial charge in [-0.25, -0.2) is 9.78 Å². The Hall–Kier alpha value is -4.06. The Kier molecular flexibility index (Phi) is 6.97. The number of nitrogens with zero attached hydrogens (tertiary/aromatic N) is 1. The number of carbonyl (C=O) groups excluding carboxylic acids is 2. The van der Waals surface area contributed by atoms with Crippen molar-refractivity contribution in [3.05, 3.63) is 94.9 Å². The van der Waals surface area contributed by atoms with Gasteiger partial charge in [0.05, 0.1) is 5.56 Å². The van der Waals surface area contributed by atoms with Crippen LogP contribution >= 0.6 is 11.3 Å². The van der Waals surface area contributed by atoms with Crippen LogP contribution in [0.15, 0.2) is 78.9 Å². The van der Waals surface area contributed by atoms with E-state index in [-0.39, 0.29) is 16.5 Å². The third-order valence-corrected chi connectivity index (χ3v) is 5.92. The number of hydrogen-bond donors (Lipinski definition) is 3. The number of ketones is 1. The van der Waals surface area contributed by atoms with Crippen molar-refractivity contribution >= 4 is 56.7 Å². The van der Waals surface area contributed by atoms with Crippen LogP contribution in [-0.4, -0.2) is 25.5 Å². The smallest absolute Gasteiger partial charge is 0.343 e. The molecule has 4 N–H and O–H groups in total. The average molecular weight is 494 g/mol. The van der Waals surface area contributed by atoms with E-state index in [1.54, 1.807) is 66.7 Å². The predicted molar refractivity (Wildman–Crippen MR) is 130 cm³/mol. The lowest BCUT2D eigenvalue weighted by Crippen LogP contribution is -2.08. The summed E-state index contributed by atoms with van der Waals surface area (Å²) in [6.45, 7) is 0. The lowest BCUT2D eigenvalue weighted by atomic mass is 10.1. The van der Waals surface area contributed by atoms with E-state index < -0.39 is 17.2 Å². The molecule has 4 aromatic rings. The Balaban J connectivity index is 1.43. The van der Waals surface area contributed by atoms with Crippen molar-refractivity contribution in [2.45, 2.75) is 0 Å². The maximum Gasteiger partial charge on any atom is 0.343 e. The summed E-state index contributed by atoms with van der Waals surface area (Å²) >= 11 is -1.32. The maximum absolute atomic E-state index is 12.9. The number of aromatic nitrogens is 1. The number of anilines is 4. The summed E-state index contributed by atoms with van der Waals surface area (Å²) in [5.41, 5.74) is 7.80. The minimum Gasteiger partial charge on any atom is -0.755 e. The largest absolute Gasteiger partial charge is 0.755 e. The molecule has 9 nitrogen and oxygen atoms in total. The first-order valence-corrected chi connectivity index (χ1v) is 11.7. The fourth-order valence-corrected chi connectivity index (χ4v) is 4.13. The van der Waals surface area contributed by atoms with Gasteiger partial charge in [0, 0.05) is 28.2 Å². The van der Waals surface area contributed by atoms with Crippen LogP contribution in [0.4, 0.5) is 22.3 Å². The molecule has 3 aromatic carbocycles. The van der Waals surface area contributed by atoms with Gasteiger partial charge in [-0.15, -0.1) is 0 Å². The van der Waals surface area contributed by atoms with Crippen LogP contribution in [0.3, 0.4) is 0 Å². The molecule has 34 heavy (non-hydrogen) atoms. The summed E-state index contributed by atoms with van der Waals surface area (Å²) in [4.78, 5) is 29.5. The number of ether oxygens (including phenoxy) is 1. The molecule has 0 bridgehead atoms. The molecule has 0 saturated heterocycles. The fourth-order valence-electron chi connectivity index (χ4n) is 2.94. The van der Waals surface area contributed by atoms with Gasteiger partial charge in [-0.2, -0.15) is 0 Å². The topological polar surface area (TPSA) is 146 Å². The van der Waals surface area contributed by atoms with E-state index in [0.29, 0.717) is 33.4 Å². The molecule has 0 aliphatic heterocycles. The van der Waals surface area contributed by atoms with Gasteiger partial charge in [0.25, 0.3) is 0 Å². The zero-order valence-electron chi connectivity index (χ0n) is 17.4. The molecular formula is C23H17N4O5S2-. The van der Waals surface area contributed by atoms with Gasteiger partial charge < -0.3 is 25.1 Å². The molecule has 1 aromatic heterocycles. The summed E-state index contributed by atoms with van der Waals surface area (Å²) in [5.74, 6) is -0.422. The minimum absolute atomic E-state index is 0.0807. The third kappa shape index (κ3) is 5.64. The molecule has 0 saturated carbocycles. The molecule has 1 heterocycles. The van der Waals surface area contributed by atoms with Gasteiger partial charge in [-0.05, 0) is 60.7 Å². The van der Waals surface area contributed by atoms with Crippen molar-refractivity contribution in [2.24, 2.45) is 0 Å². The number of rotatable bonds is 8. The minimum atomic E-state index is -2.41. The van der Waals surface area contributed by atoms with Crippen molar-refractivity contribution in [1.29, 1.82) is 0 Å². The number of nitrogens with one attached hydrogen (secondary N) is 2. The van der Waals surface area contributed by atoms with Crippen molar-refractivity contribution in [2.75, 3.05) is 15.8 Å². The van der Waals surface area contributed by atoms with E-state index >= 15 is 0 Å². The van der Waals surface area contributed by atoms with Gasteiger partial charge in [-0.3, -0.25) is 9.00 Å². The Morgan fingerprint density at radius 2 is 1.56 bits per heavy atom. The Morgan fingerprint density at radius 3 is 2.21 bits per heavy atom. The van der Waals surface area contributed by atoms with Crippen molar-refractivity contribution in [3.63, 3.8) is 0 Å². The highest BCUT2D eigenvalue weighted by Gasteiger charge is 2.18. The van der Waals surface area contributed by atoms with E-state index in [1.165, 1.54) is 12.1 Å². The molecule has 11 heteroatoms. The molecule has 172 valence electrons. The van der Waals surface area contributed by atoms with Crippen LogP contribution in [-0.2, 0) is 11.3 Å². The number of thiazole rings is 1. The zero-order chi connectivity index (χ0) is 24.1. The number of benzene rings is 3. The van der Waals surface area contributed by atoms with Crippen LogP contribution in [0, 0.1) is 0 Å². The lowest BCUT2D eigenvalue weighted by molar-refractivity contribution is 0.0734. The van der Waals surface area contributed by atoms with Crippen LogP contribution in [0.1, 0.15) is 25.6 Å². The molecule has 1 atom stereocenters. The van der Waals surface area contributed by atoms with E-state index in [9.17, 15) is 18.4 Å². The first kappa shape index (κ1) is 23.1. The number of carbonyl (C=O) groups is 2. The summed E-state index contributed by atoms with van der Waals surface area (Å²) in [6, 6.07) is 21.2. The second-order valence-corrected chi connectivity index (χ2v) is 8.55. The van der Waals surface area contributed by atoms with Crippen LogP contribution in [0.5, 0.6) is 5.75 Å². The number of nitrogen functional groups attached to an aromatic ring is 1. The molecule has 0 amide bonds. The van der Waals surface area contributed by atoms with E-state index in [4.69, 9.17) is 10.5 Å².